The minimum atomic E-state index is -0.496. The van der Waals surface area contributed by atoms with E-state index >= 15 is 0 Å². The van der Waals surface area contributed by atoms with Crippen molar-refractivity contribution in [3.05, 3.63) is 57.8 Å². The number of carbonyl (C=O) groups excluding carboxylic acids is 1. The Hall–Kier alpha value is -1.88. The van der Waals surface area contributed by atoms with E-state index in [0.29, 0.717) is 10.2 Å². The predicted octanol–water partition coefficient (Wildman–Crippen LogP) is 4.22. The highest BCUT2D eigenvalue weighted by Crippen LogP contribution is 2.20. The predicted molar refractivity (Wildman–Crippen MR) is 84.1 cm³/mol. The Morgan fingerprint density at radius 3 is 2.71 bits per heavy atom. The maximum Gasteiger partial charge on any atom is 0.262 e. The van der Waals surface area contributed by atoms with E-state index in [0.717, 1.165) is 11.1 Å². The van der Waals surface area contributed by atoms with Crippen molar-refractivity contribution >= 4 is 27.5 Å². The van der Waals surface area contributed by atoms with Crippen LogP contribution < -0.4 is 10.1 Å². The van der Waals surface area contributed by atoms with Crippen molar-refractivity contribution in [3.8, 4) is 5.75 Å². The molecule has 0 aromatic heterocycles. The van der Waals surface area contributed by atoms with Crippen molar-refractivity contribution in [1.82, 2.24) is 0 Å². The van der Waals surface area contributed by atoms with Gasteiger partial charge in [-0.05, 0) is 49.2 Å². The van der Waals surface area contributed by atoms with Crippen LogP contribution in [0, 0.1) is 19.7 Å². The number of ether oxygens (including phenoxy) is 1. The van der Waals surface area contributed by atoms with Gasteiger partial charge in [-0.3, -0.25) is 4.79 Å². The summed E-state index contributed by atoms with van der Waals surface area (Å²) in [6, 6.07) is 10.2. The lowest BCUT2D eigenvalue weighted by molar-refractivity contribution is -0.118. The second kappa shape index (κ2) is 6.72. The molecule has 110 valence electrons. The molecule has 0 spiro atoms. The maximum absolute atomic E-state index is 13.6. The Morgan fingerprint density at radius 1 is 1.24 bits per heavy atom. The van der Waals surface area contributed by atoms with E-state index < -0.39 is 11.7 Å². The number of carbonyl (C=O) groups is 1. The second-order valence-electron chi connectivity index (χ2n) is 4.73. The Balaban J connectivity index is 1.97. The van der Waals surface area contributed by atoms with Crippen LogP contribution in [-0.2, 0) is 4.79 Å². The fourth-order valence-corrected chi connectivity index (χ4v) is 2.12. The van der Waals surface area contributed by atoms with E-state index in [1.54, 1.807) is 6.07 Å². The molecule has 0 aliphatic carbocycles. The van der Waals surface area contributed by atoms with Gasteiger partial charge in [0.2, 0.25) is 0 Å². The van der Waals surface area contributed by atoms with Gasteiger partial charge in [0, 0.05) is 4.47 Å². The van der Waals surface area contributed by atoms with Gasteiger partial charge in [-0.25, -0.2) is 4.39 Å². The number of amides is 1. The zero-order valence-electron chi connectivity index (χ0n) is 11.7. The summed E-state index contributed by atoms with van der Waals surface area (Å²) in [6.07, 6.45) is 0. The van der Waals surface area contributed by atoms with Gasteiger partial charge < -0.3 is 10.1 Å². The lowest BCUT2D eigenvalue weighted by Gasteiger charge is -2.11. The average Bonchev–Trinajstić information content (AvgIpc) is 2.43. The number of nitrogens with one attached hydrogen (secondary N) is 1. The molecule has 0 heterocycles. The summed E-state index contributed by atoms with van der Waals surface area (Å²) in [5.74, 6) is -0.247. The van der Waals surface area contributed by atoms with Crippen LogP contribution in [0.4, 0.5) is 10.1 Å². The van der Waals surface area contributed by atoms with Gasteiger partial charge in [0.15, 0.2) is 6.61 Å². The molecule has 2 aromatic rings. The average molecular weight is 352 g/mol. The van der Waals surface area contributed by atoms with Crippen LogP contribution in [0.5, 0.6) is 5.75 Å². The summed E-state index contributed by atoms with van der Waals surface area (Å²) in [6.45, 7) is 3.68. The monoisotopic (exact) mass is 351 g/mol. The summed E-state index contributed by atoms with van der Waals surface area (Å²) < 4.78 is 19.7. The Kier molecular flexibility index (Phi) is 4.96. The van der Waals surface area contributed by atoms with E-state index in [-0.39, 0.29) is 12.3 Å². The fourth-order valence-electron chi connectivity index (χ4n) is 1.78. The molecule has 21 heavy (non-hydrogen) atoms. The third-order valence-corrected chi connectivity index (χ3v) is 3.40. The summed E-state index contributed by atoms with van der Waals surface area (Å²) >= 11 is 3.16. The van der Waals surface area contributed by atoms with E-state index in [4.69, 9.17) is 4.74 Å². The zero-order chi connectivity index (χ0) is 15.4. The minimum absolute atomic E-state index is 0.132. The second-order valence-corrected chi connectivity index (χ2v) is 5.65. The lowest BCUT2D eigenvalue weighted by Crippen LogP contribution is -2.21. The van der Waals surface area contributed by atoms with Crippen molar-refractivity contribution in [2.45, 2.75) is 13.8 Å². The largest absolute Gasteiger partial charge is 0.483 e. The number of halogens is 2. The van der Waals surface area contributed by atoms with Gasteiger partial charge in [0.25, 0.3) is 5.91 Å². The summed E-state index contributed by atoms with van der Waals surface area (Å²) in [4.78, 5) is 11.8. The number of hydrogen-bond acceptors (Lipinski definition) is 2. The first-order valence-electron chi connectivity index (χ1n) is 6.40. The molecule has 3 nitrogen and oxygen atoms in total. The molecule has 5 heteroatoms. The smallest absolute Gasteiger partial charge is 0.262 e. The molecule has 0 atom stereocenters. The molecule has 0 radical (unpaired) electrons. The van der Waals surface area contributed by atoms with E-state index in [2.05, 4.69) is 21.2 Å². The van der Waals surface area contributed by atoms with Gasteiger partial charge in [-0.1, -0.05) is 28.1 Å². The standard InChI is InChI=1S/C16H15BrFNO2/c1-10-3-4-11(2)15(7-10)21-9-16(20)19-14-6-5-12(17)8-13(14)18/h3-8H,9H2,1-2H3,(H,19,20). The first kappa shape index (κ1) is 15.5. The van der Waals surface area contributed by atoms with Crippen LogP contribution in [0.3, 0.4) is 0 Å². The summed E-state index contributed by atoms with van der Waals surface area (Å²) in [5.41, 5.74) is 2.13. The Morgan fingerprint density at radius 2 is 2.00 bits per heavy atom. The highest BCUT2D eigenvalue weighted by atomic mass is 79.9. The van der Waals surface area contributed by atoms with Crippen molar-refractivity contribution in [2.75, 3.05) is 11.9 Å². The lowest BCUT2D eigenvalue weighted by atomic mass is 10.1. The third-order valence-electron chi connectivity index (χ3n) is 2.91. The Labute approximate surface area is 131 Å². The first-order chi connectivity index (χ1) is 9.95. The first-order valence-corrected chi connectivity index (χ1v) is 7.20. The van der Waals surface area contributed by atoms with Gasteiger partial charge in [-0.15, -0.1) is 0 Å². The molecule has 0 saturated heterocycles. The van der Waals surface area contributed by atoms with Crippen molar-refractivity contribution in [1.29, 1.82) is 0 Å². The van der Waals surface area contributed by atoms with Gasteiger partial charge >= 0.3 is 0 Å². The molecule has 1 N–H and O–H groups in total. The van der Waals surface area contributed by atoms with Gasteiger partial charge in [-0.2, -0.15) is 0 Å². The maximum atomic E-state index is 13.6. The number of rotatable bonds is 4. The summed E-state index contributed by atoms with van der Waals surface area (Å²) in [5, 5.41) is 2.48. The fraction of sp³-hybridized carbons (Fsp3) is 0.188. The highest BCUT2D eigenvalue weighted by molar-refractivity contribution is 9.10. The molecule has 0 saturated carbocycles. The molecule has 0 aliphatic rings. The van der Waals surface area contributed by atoms with Crippen LogP contribution in [0.2, 0.25) is 0 Å². The zero-order valence-corrected chi connectivity index (χ0v) is 13.3. The molecular weight excluding hydrogens is 337 g/mol. The van der Waals surface area contributed by atoms with Crippen molar-refractivity contribution in [3.63, 3.8) is 0 Å². The normalized spacial score (nSPS) is 10.3. The minimum Gasteiger partial charge on any atom is -0.483 e. The molecular formula is C16H15BrFNO2. The number of aryl methyl sites for hydroxylation is 2. The van der Waals surface area contributed by atoms with Crippen LogP contribution in [0.15, 0.2) is 40.9 Å². The molecule has 2 aromatic carbocycles. The molecule has 0 unspecified atom stereocenters. The van der Waals surface area contributed by atoms with Crippen LogP contribution in [-0.4, -0.2) is 12.5 Å². The van der Waals surface area contributed by atoms with Crippen LogP contribution in [0.25, 0.3) is 0 Å². The Bertz CT molecular complexity index is 673. The quantitative estimate of drug-likeness (QED) is 0.895. The number of anilines is 1. The van der Waals surface area contributed by atoms with Crippen LogP contribution >= 0.6 is 15.9 Å². The van der Waals surface area contributed by atoms with Gasteiger partial charge in [0.1, 0.15) is 11.6 Å². The number of benzene rings is 2. The summed E-state index contributed by atoms with van der Waals surface area (Å²) in [7, 11) is 0. The van der Waals surface area contributed by atoms with Crippen LogP contribution in [0.1, 0.15) is 11.1 Å². The SMILES string of the molecule is Cc1ccc(C)c(OCC(=O)Nc2ccc(Br)cc2F)c1. The molecule has 0 aliphatic heterocycles. The molecule has 0 bridgehead atoms. The highest BCUT2D eigenvalue weighted by Gasteiger charge is 2.09. The van der Waals surface area contributed by atoms with Gasteiger partial charge in [0.05, 0.1) is 5.69 Å². The molecule has 2 rings (SSSR count). The van der Waals surface area contributed by atoms with E-state index in [1.807, 2.05) is 32.0 Å². The molecule has 1 amide bonds. The topological polar surface area (TPSA) is 38.3 Å². The molecule has 0 fully saturated rings. The third kappa shape index (κ3) is 4.29. The number of hydrogen-bond donors (Lipinski definition) is 1. The van der Waals surface area contributed by atoms with Crippen molar-refractivity contribution < 1.29 is 13.9 Å². The van der Waals surface area contributed by atoms with E-state index in [1.165, 1.54) is 12.1 Å². The van der Waals surface area contributed by atoms with E-state index in [9.17, 15) is 9.18 Å². The van der Waals surface area contributed by atoms with Crippen molar-refractivity contribution in [2.24, 2.45) is 0 Å².